The first kappa shape index (κ1) is 15.4. The highest BCUT2D eigenvalue weighted by atomic mass is 35.5. The third-order valence-corrected chi connectivity index (χ3v) is 5.34. The van der Waals surface area contributed by atoms with E-state index in [1.807, 2.05) is 30.3 Å². The van der Waals surface area contributed by atoms with Crippen molar-refractivity contribution in [3.8, 4) is 0 Å². The average molecular weight is 339 g/mol. The van der Waals surface area contributed by atoms with Crippen molar-refractivity contribution in [2.45, 2.75) is 18.0 Å². The van der Waals surface area contributed by atoms with Gasteiger partial charge < -0.3 is 10.5 Å². The standard InChI is InChI=1S/C15H15ClN2O3S/c16-6-10-8-22-14-11(17)13(19)18(14)12(10)15(20)21-7-9-4-2-1-3-5-9/h1-5,11,14H,6-8,17H2/t11-,14-/m1/s1. The van der Waals surface area contributed by atoms with Crippen molar-refractivity contribution in [3.63, 3.8) is 0 Å². The second-order valence-corrected chi connectivity index (χ2v) is 6.46. The van der Waals surface area contributed by atoms with E-state index in [9.17, 15) is 9.59 Å². The molecule has 0 aromatic heterocycles. The zero-order valence-electron chi connectivity index (χ0n) is 11.7. The number of halogens is 1. The van der Waals surface area contributed by atoms with Crippen LogP contribution in [0, 0.1) is 0 Å². The summed E-state index contributed by atoms with van der Waals surface area (Å²) in [7, 11) is 0. The van der Waals surface area contributed by atoms with Crippen LogP contribution in [0.15, 0.2) is 41.6 Å². The molecule has 0 bridgehead atoms. The van der Waals surface area contributed by atoms with Gasteiger partial charge >= 0.3 is 5.97 Å². The number of amides is 1. The number of nitrogens with two attached hydrogens (primary N) is 1. The first-order chi connectivity index (χ1) is 10.6. The van der Waals surface area contributed by atoms with Crippen molar-refractivity contribution >= 4 is 35.2 Å². The van der Waals surface area contributed by atoms with Gasteiger partial charge in [-0.15, -0.1) is 23.4 Å². The minimum atomic E-state index is -0.557. The van der Waals surface area contributed by atoms with Crippen LogP contribution < -0.4 is 5.73 Å². The number of carbonyl (C=O) groups excluding carboxylic acids is 2. The number of ether oxygens (including phenoxy) is 1. The Hall–Kier alpha value is -1.50. The molecule has 0 radical (unpaired) electrons. The van der Waals surface area contributed by atoms with Crippen LogP contribution in [0.2, 0.25) is 0 Å². The van der Waals surface area contributed by atoms with Crippen molar-refractivity contribution in [2.75, 3.05) is 11.6 Å². The van der Waals surface area contributed by atoms with Gasteiger partial charge in [0.25, 0.3) is 0 Å². The van der Waals surface area contributed by atoms with E-state index in [0.717, 1.165) is 5.56 Å². The van der Waals surface area contributed by atoms with Gasteiger partial charge in [-0.05, 0) is 11.1 Å². The SMILES string of the molecule is N[C@@H]1C(=O)N2C(C(=O)OCc3ccccc3)=C(CCl)CS[C@H]12. The van der Waals surface area contributed by atoms with E-state index in [1.54, 1.807) is 0 Å². The number of hydrogen-bond donors (Lipinski definition) is 1. The monoisotopic (exact) mass is 338 g/mol. The van der Waals surface area contributed by atoms with Crippen LogP contribution in [0.4, 0.5) is 0 Å². The maximum atomic E-state index is 12.4. The highest BCUT2D eigenvalue weighted by Crippen LogP contribution is 2.40. The van der Waals surface area contributed by atoms with Gasteiger partial charge in [-0.2, -0.15) is 0 Å². The number of nitrogens with zero attached hydrogens (tertiary/aromatic N) is 1. The summed E-state index contributed by atoms with van der Waals surface area (Å²) in [4.78, 5) is 25.8. The average Bonchev–Trinajstić information content (AvgIpc) is 2.58. The first-order valence-electron chi connectivity index (χ1n) is 6.82. The normalized spacial score (nSPS) is 23.9. The summed E-state index contributed by atoms with van der Waals surface area (Å²) in [5.41, 5.74) is 7.63. The Bertz CT molecular complexity index is 635. The number of thioether (sulfide) groups is 1. The minimum Gasteiger partial charge on any atom is -0.456 e. The molecule has 2 aliphatic heterocycles. The molecule has 0 spiro atoms. The topological polar surface area (TPSA) is 72.6 Å². The number of hydrogen-bond acceptors (Lipinski definition) is 5. The molecule has 2 heterocycles. The molecule has 1 amide bonds. The molecular weight excluding hydrogens is 324 g/mol. The highest BCUT2D eigenvalue weighted by Gasteiger charge is 2.51. The van der Waals surface area contributed by atoms with Gasteiger partial charge in [-0.1, -0.05) is 30.3 Å². The van der Waals surface area contributed by atoms with E-state index >= 15 is 0 Å². The number of β-lactam (4-membered cyclic amide) rings is 1. The fourth-order valence-electron chi connectivity index (χ4n) is 2.46. The fourth-order valence-corrected chi connectivity index (χ4v) is 4.09. The second-order valence-electron chi connectivity index (χ2n) is 5.08. The largest absolute Gasteiger partial charge is 0.456 e. The lowest BCUT2D eigenvalue weighted by Gasteiger charge is -2.48. The Kier molecular flexibility index (Phi) is 4.42. The molecule has 1 aromatic carbocycles. The second kappa shape index (κ2) is 6.32. The third kappa shape index (κ3) is 2.62. The first-order valence-corrected chi connectivity index (χ1v) is 8.41. The van der Waals surface area contributed by atoms with Gasteiger partial charge in [0.2, 0.25) is 5.91 Å². The summed E-state index contributed by atoms with van der Waals surface area (Å²) in [5, 5.41) is -0.196. The minimum absolute atomic E-state index is 0.157. The van der Waals surface area contributed by atoms with Gasteiger partial charge in [0, 0.05) is 11.6 Å². The van der Waals surface area contributed by atoms with E-state index in [2.05, 4.69) is 0 Å². The molecule has 0 aliphatic carbocycles. The smallest absolute Gasteiger partial charge is 0.355 e. The van der Waals surface area contributed by atoms with Crippen molar-refractivity contribution in [1.82, 2.24) is 4.90 Å². The van der Waals surface area contributed by atoms with Crippen molar-refractivity contribution in [3.05, 3.63) is 47.2 Å². The highest BCUT2D eigenvalue weighted by molar-refractivity contribution is 8.00. The van der Waals surface area contributed by atoms with Crippen LogP contribution in [0.5, 0.6) is 0 Å². The maximum absolute atomic E-state index is 12.4. The molecule has 0 unspecified atom stereocenters. The van der Waals surface area contributed by atoms with Crippen LogP contribution in [0.3, 0.4) is 0 Å². The third-order valence-electron chi connectivity index (χ3n) is 3.66. The summed E-state index contributed by atoms with van der Waals surface area (Å²) >= 11 is 7.43. The Labute approximate surface area is 137 Å². The molecule has 5 nitrogen and oxygen atoms in total. The number of fused-ring (bicyclic) bond motifs is 1. The molecule has 2 N–H and O–H groups in total. The van der Waals surface area contributed by atoms with Crippen molar-refractivity contribution in [2.24, 2.45) is 5.73 Å². The van der Waals surface area contributed by atoms with Gasteiger partial charge in [-0.25, -0.2) is 4.79 Å². The van der Waals surface area contributed by atoms with E-state index in [0.29, 0.717) is 11.3 Å². The van der Waals surface area contributed by atoms with Crippen LogP contribution in [-0.2, 0) is 20.9 Å². The van der Waals surface area contributed by atoms with Gasteiger partial charge in [0.15, 0.2) is 0 Å². The lowest BCUT2D eigenvalue weighted by atomic mass is 10.0. The molecule has 0 saturated carbocycles. The van der Waals surface area contributed by atoms with E-state index in [4.69, 9.17) is 22.1 Å². The summed E-state index contributed by atoms with van der Waals surface area (Å²) in [6.45, 7) is 0.157. The molecular formula is C15H15ClN2O3S. The Balaban J connectivity index is 1.76. The van der Waals surface area contributed by atoms with Crippen molar-refractivity contribution < 1.29 is 14.3 Å². The molecule has 1 aromatic rings. The van der Waals surface area contributed by atoms with Crippen LogP contribution in [0.1, 0.15) is 5.56 Å². The predicted octanol–water partition coefficient (Wildman–Crippen LogP) is 1.47. The number of alkyl halides is 1. The van der Waals surface area contributed by atoms with E-state index < -0.39 is 12.0 Å². The molecule has 1 saturated heterocycles. The number of carbonyl (C=O) groups is 2. The summed E-state index contributed by atoms with van der Waals surface area (Å²) in [6, 6.07) is 8.82. The van der Waals surface area contributed by atoms with Crippen LogP contribution in [-0.4, -0.2) is 39.8 Å². The number of rotatable bonds is 4. The molecule has 1 fully saturated rings. The van der Waals surface area contributed by atoms with E-state index in [-0.39, 0.29) is 29.5 Å². The summed E-state index contributed by atoms with van der Waals surface area (Å²) < 4.78 is 5.34. The molecule has 116 valence electrons. The van der Waals surface area contributed by atoms with Crippen LogP contribution in [0.25, 0.3) is 0 Å². The number of esters is 1. The van der Waals surface area contributed by atoms with Crippen molar-refractivity contribution in [1.29, 1.82) is 0 Å². The lowest BCUT2D eigenvalue weighted by molar-refractivity contribution is -0.151. The lowest BCUT2D eigenvalue weighted by Crippen LogP contribution is -2.68. The van der Waals surface area contributed by atoms with E-state index in [1.165, 1.54) is 16.7 Å². The molecule has 2 atom stereocenters. The molecule has 7 heteroatoms. The quantitative estimate of drug-likeness (QED) is 0.511. The fraction of sp³-hybridized carbons (Fsp3) is 0.333. The number of benzene rings is 1. The summed E-state index contributed by atoms with van der Waals surface area (Å²) in [5.74, 6) is -0.00725. The Morgan fingerprint density at radius 2 is 2.14 bits per heavy atom. The Morgan fingerprint density at radius 1 is 1.41 bits per heavy atom. The molecule has 2 aliphatic rings. The maximum Gasteiger partial charge on any atom is 0.355 e. The van der Waals surface area contributed by atoms with Gasteiger partial charge in [0.05, 0.1) is 0 Å². The van der Waals surface area contributed by atoms with Gasteiger partial charge in [0.1, 0.15) is 23.7 Å². The zero-order chi connectivity index (χ0) is 15.7. The molecule has 22 heavy (non-hydrogen) atoms. The summed E-state index contributed by atoms with van der Waals surface area (Å²) in [6.07, 6.45) is 0. The Morgan fingerprint density at radius 3 is 2.82 bits per heavy atom. The van der Waals surface area contributed by atoms with Gasteiger partial charge in [-0.3, -0.25) is 9.69 Å². The molecule has 3 rings (SSSR count). The van der Waals surface area contributed by atoms with Crippen LogP contribution >= 0.6 is 23.4 Å². The zero-order valence-corrected chi connectivity index (χ0v) is 13.3. The predicted molar refractivity (Wildman–Crippen MR) is 85.1 cm³/mol.